The predicted octanol–water partition coefficient (Wildman–Crippen LogP) is 0.292. The van der Waals surface area contributed by atoms with Gasteiger partial charge in [-0.1, -0.05) is 13.8 Å². The molecule has 2 saturated heterocycles. The first-order valence-electron chi connectivity index (χ1n) is 8.93. The van der Waals surface area contributed by atoms with Crippen LogP contribution in [0.3, 0.4) is 0 Å². The van der Waals surface area contributed by atoms with Gasteiger partial charge in [0, 0.05) is 37.7 Å². The number of hydrogen-bond donors (Lipinski definition) is 1. The van der Waals surface area contributed by atoms with E-state index in [0.29, 0.717) is 32.4 Å². The van der Waals surface area contributed by atoms with E-state index in [1.807, 2.05) is 18.7 Å². The standard InChI is InChI=1S/C13H22N2O3.C5H6O4/c1-10(2)12(16)15-5-3-4-11(15)13(17)14-6-8-18-9-7-14;1-9-5(8)3-2-4(6)7/h10-11H,3-9H2,1-2H3;2-3H,1H3,(H,6,7)/b;3-2+. The van der Waals surface area contributed by atoms with Crippen molar-refractivity contribution < 1.29 is 33.8 Å². The van der Waals surface area contributed by atoms with Crippen LogP contribution >= 0.6 is 0 Å². The molecule has 0 spiro atoms. The van der Waals surface area contributed by atoms with Crippen LogP contribution in [-0.2, 0) is 28.7 Å². The minimum Gasteiger partial charge on any atom is -0.478 e. The minimum absolute atomic E-state index is 0.0388. The molecule has 2 aliphatic heterocycles. The molecule has 2 heterocycles. The number of esters is 1. The number of rotatable bonds is 4. The Hall–Kier alpha value is -2.42. The monoisotopic (exact) mass is 384 g/mol. The van der Waals surface area contributed by atoms with E-state index in [-0.39, 0.29) is 23.8 Å². The maximum atomic E-state index is 12.4. The average molecular weight is 384 g/mol. The Morgan fingerprint density at radius 2 is 1.74 bits per heavy atom. The summed E-state index contributed by atoms with van der Waals surface area (Å²) in [5.41, 5.74) is 0. The lowest BCUT2D eigenvalue weighted by Crippen LogP contribution is -2.51. The lowest BCUT2D eigenvalue weighted by Gasteiger charge is -2.33. The molecule has 2 amide bonds. The van der Waals surface area contributed by atoms with Crippen molar-refractivity contribution in [2.45, 2.75) is 32.7 Å². The fourth-order valence-electron chi connectivity index (χ4n) is 2.82. The van der Waals surface area contributed by atoms with E-state index < -0.39 is 11.9 Å². The second kappa shape index (κ2) is 11.3. The van der Waals surface area contributed by atoms with Crippen LogP contribution in [-0.4, -0.2) is 84.7 Å². The Bertz CT molecular complexity index is 568. The normalized spacial score (nSPS) is 19.6. The number of amides is 2. The van der Waals surface area contributed by atoms with Crippen LogP contribution in [0.1, 0.15) is 26.7 Å². The van der Waals surface area contributed by atoms with Crippen LogP contribution < -0.4 is 0 Å². The summed E-state index contributed by atoms with van der Waals surface area (Å²) >= 11 is 0. The number of carbonyl (C=O) groups is 4. The molecular weight excluding hydrogens is 356 g/mol. The second-order valence-electron chi connectivity index (χ2n) is 6.48. The lowest BCUT2D eigenvalue weighted by atomic mass is 10.1. The number of carboxylic acid groups (broad SMARTS) is 1. The molecule has 9 heteroatoms. The quantitative estimate of drug-likeness (QED) is 0.547. The third-order valence-electron chi connectivity index (χ3n) is 4.20. The molecule has 0 bridgehead atoms. The molecule has 2 rings (SSSR count). The first-order valence-corrected chi connectivity index (χ1v) is 8.93. The highest BCUT2D eigenvalue weighted by Gasteiger charge is 2.37. The van der Waals surface area contributed by atoms with Crippen molar-refractivity contribution in [2.75, 3.05) is 40.0 Å². The number of methoxy groups -OCH3 is 1. The number of hydrogen-bond acceptors (Lipinski definition) is 6. The molecule has 0 aromatic heterocycles. The summed E-state index contributed by atoms with van der Waals surface area (Å²) in [5, 5.41) is 7.96. The Labute approximate surface area is 158 Å². The summed E-state index contributed by atoms with van der Waals surface area (Å²) in [4.78, 5) is 48.0. The molecule has 27 heavy (non-hydrogen) atoms. The van der Waals surface area contributed by atoms with Crippen LogP contribution in [0.4, 0.5) is 0 Å². The third kappa shape index (κ3) is 7.38. The van der Waals surface area contributed by atoms with E-state index in [9.17, 15) is 19.2 Å². The highest BCUT2D eigenvalue weighted by atomic mass is 16.5. The zero-order valence-corrected chi connectivity index (χ0v) is 16.1. The van der Waals surface area contributed by atoms with Gasteiger partial charge < -0.3 is 24.4 Å². The number of carbonyl (C=O) groups excluding carboxylic acids is 3. The zero-order chi connectivity index (χ0) is 20.4. The second-order valence-corrected chi connectivity index (χ2v) is 6.48. The first kappa shape index (κ1) is 22.6. The van der Waals surface area contributed by atoms with Crippen molar-refractivity contribution >= 4 is 23.8 Å². The lowest BCUT2D eigenvalue weighted by molar-refractivity contribution is -0.147. The summed E-state index contributed by atoms with van der Waals surface area (Å²) in [7, 11) is 1.18. The molecule has 1 N–H and O–H groups in total. The fourth-order valence-corrected chi connectivity index (χ4v) is 2.82. The molecule has 0 aromatic carbocycles. The summed E-state index contributed by atoms with van der Waals surface area (Å²) in [6.45, 7) is 7.01. The number of ether oxygens (including phenoxy) is 2. The molecule has 9 nitrogen and oxygen atoms in total. The highest BCUT2D eigenvalue weighted by Crippen LogP contribution is 2.22. The molecule has 152 valence electrons. The molecule has 0 radical (unpaired) electrons. The Balaban J connectivity index is 0.000000345. The smallest absolute Gasteiger partial charge is 0.330 e. The van der Waals surface area contributed by atoms with Gasteiger partial charge in [0.2, 0.25) is 11.8 Å². The number of nitrogens with zero attached hydrogens (tertiary/aromatic N) is 2. The Morgan fingerprint density at radius 1 is 1.11 bits per heavy atom. The van der Waals surface area contributed by atoms with Crippen molar-refractivity contribution in [1.29, 1.82) is 0 Å². The van der Waals surface area contributed by atoms with Gasteiger partial charge in [-0.25, -0.2) is 9.59 Å². The molecule has 0 aliphatic carbocycles. The van der Waals surface area contributed by atoms with Crippen molar-refractivity contribution in [2.24, 2.45) is 5.92 Å². The van der Waals surface area contributed by atoms with E-state index in [4.69, 9.17) is 9.84 Å². The van der Waals surface area contributed by atoms with E-state index in [0.717, 1.165) is 25.5 Å². The van der Waals surface area contributed by atoms with Gasteiger partial charge in [0.05, 0.1) is 20.3 Å². The number of carboxylic acids is 1. The number of morpholine rings is 1. The number of aliphatic carboxylic acids is 1. The molecular formula is C18H28N2O7. The molecule has 1 unspecified atom stereocenters. The van der Waals surface area contributed by atoms with Gasteiger partial charge in [-0.15, -0.1) is 0 Å². The SMILES string of the molecule is CC(C)C(=O)N1CCCC1C(=O)N1CCOCC1.COC(=O)/C=C/C(=O)O. The molecule has 0 aromatic rings. The van der Waals surface area contributed by atoms with Gasteiger partial charge >= 0.3 is 11.9 Å². The summed E-state index contributed by atoms with van der Waals surface area (Å²) in [6.07, 6.45) is 3.28. The fraction of sp³-hybridized carbons (Fsp3) is 0.667. The summed E-state index contributed by atoms with van der Waals surface area (Å²) in [5.74, 6) is -1.68. The molecule has 2 aliphatic rings. The topological polar surface area (TPSA) is 113 Å². The van der Waals surface area contributed by atoms with Crippen LogP contribution in [0.15, 0.2) is 12.2 Å². The van der Waals surface area contributed by atoms with Crippen molar-refractivity contribution in [3.8, 4) is 0 Å². The van der Waals surface area contributed by atoms with Gasteiger partial charge in [0.25, 0.3) is 0 Å². The Morgan fingerprint density at radius 3 is 2.26 bits per heavy atom. The molecule has 0 saturated carbocycles. The van der Waals surface area contributed by atoms with Crippen molar-refractivity contribution in [3.63, 3.8) is 0 Å². The predicted molar refractivity (Wildman–Crippen MR) is 95.8 cm³/mol. The van der Waals surface area contributed by atoms with Gasteiger partial charge in [-0.05, 0) is 12.8 Å². The molecule has 2 fully saturated rings. The van der Waals surface area contributed by atoms with Crippen LogP contribution in [0, 0.1) is 5.92 Å². The Kier molecular flexibility index (Phi) is 9.49. The van der Waals surface area contributed by atoms with Gasteiger partial charge in [-0.2, -0.15) is 0 Å². The van der Waals surface area contributed by atoms with Gasteiger partial charge in [0.1, 0.15) is 6.04 Å². The minimum atomic E-state index is -1.17. The third-order valence-corrected chi connectivity index (χ3v) is 4.20. The highest BCUT2D eigenvalue weighted by molar-refractivity contribution is 5.90. The van der Waals surface area contributed by atoms with E-state index in [1.54, 1.807) is 4.90 Å². The van der Waals surface area contributed by atoms with Gasteiger partial charge in [-0.3, -0.25) is 9.59 Å². The summed E-state index contributed by atoms with van der Waals surface area (Å²) in [6, 6.07) is -0.238. The molecule has 1 atom stereocenters. The van der Waals surface area contributed by atoms with E-state index in [2.05, 4.69) is 4.74 Å². The maximum Gasteiger partial charge on any atom is 0.330 e. The first-order chi connectivity index (χ1) is 12.8. The van der Waals surface area contributed by atoms with E-state index in [1.165, 1.54) is 7.11 Å². The van der Waals surface area contributed by atoms with Crippen molar-refractivity contribution in [3.05, 3.63) is 12.2 Å². The van der Waals surface area contributed by atoms with E-state index >= 15 is 0 Å². The van der Waals surface area contributed by atoms with Crippen LogP contribution in [0.2, 0.25) is 0 Å². The maximum absolute atomic E-state index is 12.4. The van der Waals surface area contributed by atoms with Crippen molar-refractivity contribution in [1.82, 2.24) is 9.80 Å². The average Bonchev–Trinajstić information content (AvgIpc) is 3.15. The largest absolute Gasteiger partial charge is 0.478 e. The van der Waals surface area contributed by atoms with Crippen LogP contribution in [0.25, 0.3) is 0 Å². The van der Waals surface area contributed by atoms with Crippen LogP contribution in [0.5, 0.6) is 0 Å². The summed E-state index contributed by atoms with van der Waals surface area (Å²) < 4.78 is 9.36. The number of likely N-dealkylation sites (tertiary alicyclic amines) is 1. The zero-order valence-electron chi connectivity index (χ0n) is 16.1. The van der Waals surface area contributed by atoms with Gasteiger partial charge in [0.15, 0.2) is 0 Å².